The predicted molar refractivity (Wildman–Crippen MR) is 120 cm³/mol. The molecular formula is C21H39N5O7. The van der Waals surface area contributed by atoms with Crippen molar-refractivity contribution in [1.82, 2.24) is 16.0 Å². The van der Waals surface area contributed by atoms with Crippen molar-refractivity contribution in [2.45, 2.75) is 84.7 Å². The zero-order valence-corrected chi connectivity index (χ0v) is 20.1. The topological polar surface area (TPSA) is 214 Å². The van der Waals surface area contributed by atoms with Crippen LogP contribution in [0.2, 0.25) is 0 Å². The summed E-state index contributed by atoms with van der Waals surface area (Å²) in [7, 11) is 0. The third-order valence-corrected chi connectivity index (χ3v) is 4.93. The molecule has 0 fully saturated rings. The van der Waals surface area contributed by atoms with Crippen molar-refractivity contribution in [3.05, 3.63) is 0 Å². The van der Waals surface area contributed by atoms with Crippen LogP contribution < -0.4 is 27.4 Å². The molecule has 0 saturated carbocycles. The van der Waals surface area contributed by atoms with Gasteiger partial charge < -0.3 is 37.6 Å². The number of carboxylic acids is 1. The van der Waals surface area contributed by atoms with Gasteiger partial charge >= 0.3 is 5.97 Å². The van der Waals surface area contributed by atoms with Crippen LogP contribution in [0.3, 0.4) is 0 Å². The minimum absolute atomic E-state index is 0.154. The van der Waals surface area contributed by atoms with E-state index in [1.54, 1.807) is 27.7 Å². The third kappa shape index (κ3) is 10.6. The fourth-order valence-corrected chi connectivity index (χ4v) is 3.08. The number of amides is 4. The number of aliphatic hydroxyl groups is 1. The van der Waals surface area contributed by atoms with Crippen LogP contribution in [-0.4, -0.2) is 70.1 Å². The normalized spacial score (nSPS) is 16.0. The van der Waals surface area contributed by atoms with Gasteiger partial charge in [-0.3, -0.25) is 19.2 Å². The van der Waals surface area contributed by atoms with E-state index in [4.69, 9.17) is 11.5 Å². The standard InChI is InChI=1S/C21H39N5O7/c1-9(2)7-12(22)17(28)20(31)26-16(11(5)6)19(30)25-15(10(3)4)18(29)24-13(21(32)33)8-14(23)27/h9-13,15-17,28H,7-8,22H2,1-6H3,(H2,23,27)(H,24,29)(H,25,30)(H,26,31)(H,32,33)/t12?,13-,15-,16-,17?/m0/s1. The van der Waals surface area contributed by atoms with Crippen LogP contribution in [0.15, 0.2) is 0 Å². The van der Waals surface area contributed by atoms with Crippen molar-refractivity contribution in [2.24, 2.45) is 29.2 Å². The minimum atomic E-state index is -1.55. The molecule has 0 aliphatic carbocycles. The predicted octanol–water partition coefficient (Wildman–Crippen LogP) is -1.55. The van der Waals surface area contributed by atoms with Gasteiger partial charge in [-0.25, -0.2) is 4.79 Å². The molecule has 0 heterocycles. The molecule has 12 heteroatoms. The minimum Gasteiger partial charge on any atom is -0.480 e. The van der Waals surface area contributed by atoms with Gasteiger partial charge in [0.1, 0.15) is 24.2 Å². The number of carbonyl (C=O) groups is 5. The van der Waals surface area contributed by atoms with Crippen LogP contribution in [0.1, 0.15) is 54.4 Å². The lowest BCUT2D eigenvalue weighted by Gasteiger charge is -2.29. The Bertz CT molecular complexity index is 711. The Kier molecular flexibility index (Phi) is 12.6. The molecule has 0 aliphatic heterocycles. The SMILES string of the molecule is CC(C)CC(N)C(O)C(=O)N[C@H](C(=O)N[C@H](C(=O)N[C@@H](CC(N)=O)C(=O)O)C(C)C)C(C)C. The molecule has 0 saturated heterocycles. The maximum Gasteiger partial charge on any atom is 0.326 e. The molecule has 0 bridgehead atoms. The van der Waals surface area contributed by atoms with E-state index in [2.05, 4.69) is 16.0 Å². The van der Waals surface area contributed by atoms with Crippen molar-refractivity contribution in [1.29, 1.82) is 0 Å². The maximum atomic E-state index is 12.9. The molecule has 33 heavy (non-hydrogen) atoms. The molecule has 0 radical (unpaired) electrons. The lowest BCUT2D eigenvalue weighted by atomic mass is 9.97. The second kappa shape index (κ2) is 13.7. The highest BCUT2D eigenvalue weighted by atomic mass is 16.4. The molecule has 4 amide bonds. The highest BCUT2D eigenvalue weighted by molar-refractivity contribution is 5.95. The van der Waals surface area contributed by atoms with Crippen molar-refractivity contribution in [2.75, 3.05) is 0 Å². The largest absolute Gasteiger partial charge is 0.480 e. The molecule has 12 nitrogen and oxygen atoms in total. The first-order chi connectivity index (χ1) is 15.1. The van der Waals surface area contributed by atoms with Gasteiger partial charge in [0, 0.05) is 6.04 Å². The van der Waals surface area contributed by atoms with Gasteiger partial charge in [-0.1, -0.05) is 41.5 Å². The van der Waals surface area contributed by atoms with Crippen LogP contribution >= 0.6 is 0 Å². The fraction of sp³-hybridized carbons (Fsp3) is 0.762. The van der Waals surface area contributed by atoms with E-state index in [9.17, 15) is 34.2 Å². The number of aliphatic hydroxyl groups excluding tert-OH is 1. The number of rotatable bonds is 14. The molecule has 0 spiro atoms. The van der Waals surface area contributed by atoms with Gasteiger partial charge in [-0.2, -0.15) is 0 Å². The van der Waals surface area contributed by atoms with Crippen LogP contribution in [0, 0.1) is 17.8 Å². The summed E-state index contributed by atoms with van der Waals surface area (Å²) in [5, 5.41) is 26.6. The highest BCUT2D eigenvalue weighted by Gasteiger charge is 2.34. The van der Waals surface area contributed by atoms with E-state index < -0.39 is 78.1 Å². The maximum absolute atomic E-state index is 12.9. The van der Waals surface area contributed by atoms with Gasteiger partial charge in [0.25, 0.3) is 5.91 Å². The van der Waals surface area contributed by atoms with Crippen molar-refractivity contribution in [3.63, 3.8) is 0 Å². The van der Waals surface area contributed by atoms with E-state index in [0.717, 1.165) is 0 Å². The quantitative estimate of drug-likeness (QED) is 0.156. The van der Waals surface area contributed by atoms with Crippen LogP contribution in [0.4, 0.5) is 0 Å². The van der Waals surface area contributed by atoms with E-state index in [-0.39, 0.29) is 5.92 Å². The summed E-state index contributed by atoms with van der Waals surface area (Å²) in [4.78, 5) is 60.4. The highest BCUT2D eigenvalue weighted by Crippen LogP contribution is 2.10. The summed E-state index contributed by atoms with van der Waals surface area (Å²) >= 11 is 0. The van der Waals surface area contributed by atoms with E-state index >= 15 is 0 Å². The second-order valence-electron chi connectivity index (χ2n) is 9.27. The average Bonchev–Trinajstić information content (AvgIpc) is 2.66. The molecule has 9 N–H and O–H groups in total. The van der Waals surface area contributed by atoms with Crippen molar-refractivity contribution < 1.29 is 34.2 Å². The Morgan fingerprint density at radius 3 is 1.58 bits per heavy atom. The van der Waals surface area contributed by atoms with Gasteiger partial charge in [0.2, 0.25) is 17.7 Å². The number of nitrogens with one attached hydrogen (secondary N) is 3. The smallest absolute Gasteiger partial charge is 0.326 e. The number of nitrogens with two attached hydrogens (primary N) is 2. The molecule has 0 aliphatic rings. The first-order valence-corrected chi connectivity index (χ1v) is 10.9. The molecular weight excluding hydrogens is 434 g/mol. The Labute approximate surface area is 194 Å². The Morgan fingerprint density at radius 2 is 1.21 bits per heavy atom. The molecule has 0 aromatic rings. The monoisotopic (exact) mass is 473 g/mol. The second-order valence-corrected chi connectivity index (χ2v) is 9.27. The molecule has 5 atom stereocenters. The van der Waals surface area contributed by atoms with Crippen LogP contribution in [-0.2, 0) is 24.0 Å². The van der Waals surface area contributed by atoms with Crippen molar-refractivity contribution in [3.8, 4) is 0 Å². The Hall–Kier alpha value is -2.73. The van der Waals surface area contributed by atoms with Crippen molar-refractivity contribution >= 4 is 29.6 Å². The Morgan fingerprint density at radius 1 is 0.788 bits per heavy atom. The Balaban J connectivity index is 5.41. The first-order valence-electron chi connectivity index (χ1n) is 10.9. The summed E-state index contributed by atoms with van der Waals surface area (Å²) in [6.07, 6.45) is -1.73. The van der Waals surface area contributed by atoms with E-state index in [0.29, 0.717) is 6.42 Å². The van der Waals surface area contributed by atoms with E-state index in [1.165, 1.54) is 0 Å². The average molecular weight is 474 g/mol. The number of aliphatic carboxylic acids is 1. The first kappa shape index (κ1) is 30.3. The molecule has 0 aromatic carbocycles. The van der Waals surface area contributed by atoms with Gasteiger partial charge in [0.15, 0.2) is 0 Å². The summed E-state index contributed by atoms with van der Waals surface area (Å²) < 4.78 is 0. The van der Waals surface area contributed by atoms with E-state index in [1.807, 2.05) is 13.8 Å². The number of hydrogen-bond acceptors (Lipinski definition) is 7. The number of primary amides is 1. The van der Waals surface area contributed by atoms with Gasteiger partial charge in [-0.05, 0) is 24.2 Å². The molecule has 2 unspecified atom stereocenters. The zero-order valence-electron chi connectivity index (χ0n) is 20.1. The summed E-state index contributed by atoms with van der Waals surface area (Å²) in [5.74, 6) is -5.39. The third-order valence-electron chi connectivity index (χ3n) is 4.93. The molecule has 190 valence electrons. The zero-order chi connectivity index (χ0) is 26.0. The number of carbonyl (C=O) groups excluding carboxylic acids is 4. The summed E-state index contributed by atoms with van der Waals surface area (Å²) in [5.41, 5.74) is 10.9. The van der Waals surface area contributed by atoms with Gasteiger partial charge in [-0.15, -0.1) is 0 Å². The molecule has 0 aromatic heterocycles. The van der Waals surface area contributed by atoms with Crippen LogP contribution in [0.5, 0.6) is 0 Å². The number of hydrogen-bond donors (Lipinski definition) is 7. The lowest BCUT2D eigenvalue weighted by Crippen LogP contribution is -2.60. The summed E-state index contributed by atoms with van der Waals surface area (Å²) in [6, 6.07) is -4.61. The molecule has 0 rings (SSSR count). The van der Waals surface area contributed by atoms with Gasteiger partial charge in [0.05, 0.1) is 6.42 Å². The lowest BCUT2D eigenvalue weighted by molar-refractivity contribution is -0.144. The summed E-state index contributed by atoms with van der Waals surface area (Å²) in [6.45, 7) is 10.4. The number of carboxylic acid groups (broad SMARTS) is 1. The fourth-order valence-electron chi connectivity index (χ4n) is 3.08. The van der Waals surface area contributed by atoms with Crippen LogP contribution in [0.25, 0.3) is 0 Å².